The maximum absolute atomic E-state index is 12.6. The highest BCUT2D eigenvalue weighted by Gasteiger charge is 2.30. The van der Waals surface area contributed by atoms with Gasteiger partial charge in [0.15, 0.2) is 11.5 Å². The first-order valence-corrected chi connectivity index (χ1v) is 8.65. The Bertz CT molecular complexity index is 860. The highest BCUT2D eigenvalue weighted by molar-refractivity contribution is 9.10. The fourth-order valence-corrected chi connectivity index (χ4v) is 3.00. The largest absolute Gasteiger partial charge is 0.472 e. The molecule has 128 valence electrons. The molecule has 0 aromatic carbocycles. The van der Waals surface area contributed by atoms with Crippen molar-refractivity contribution in [3.05, 3.63) is 53.0 Å². The van der Waals surface area contributed by atoms with Crippen molar-refractivity contribution in [2.45, 2.75) is 12.5 Å². The molecule has 3 aromatic heterocycles. The molecule has 0 aliphatic carbocycles. The van der Waals surface area contributed by atoms with Gasteiger partial charge in [-0.25, -0.2) is 4.98 Å². The van der Waals surface area contributed by atoms with Gasteiger partial charge in [-0.3, -0.25) is 9.89 Å². The highest BCUT2D eigenvalue weighted by Crippen LogP contribution is 2.22. The van der Waals surface area contributed by atoms with Gasteiger partial charge in [0.05, 0.1) is 12.8 Å². The minimum atomic E-state index is -0.121. The number of hydrogen-bond acceptors (Lipinski definition) is 5. The van der Waals surface area contributed by atoms with Crippen LogP contribution < -0.4 is 4.74 Å². The standard InChI is InChI=1S/C17H15BrN4O3/c18-11-3-4-16(19-9-11)25-12-5-6-22(10-12)17(23)14-8-13(20-21-14)15-2-1-7-24-15/h1-4,7-9,12H,5-6,10H2,(H,20,21). The highest BCUT2D eigenvalue weighted by atomic mass is 79.9. The number of amides is 1. The predicted octanol–water partition coefficient (Wildman–Crippen LogP) is 3.12. The fraction of sp³-hybridized carbons (Fsp3) is 0.235. The number of aromatic amines is 1. The second-order valence-electron chi connectivity index (χ2n) is 5.74. The van der Waals surface area contributed by atoms with Gasteiger partial charge in [-0.05, 0) is 34.1 Å². The summed E-state index contributed by atoms with van der Waals surface area (Å²) in [4.78, 5) is 18.6. The number of hydrogen-bond donors (Lipinski definition) is 1. The monoisotopic (exact) mass is 402 g/mol. The van der Waals surface area contributed by atoms with Crippen LogP contribution in [0.15, 0.2) is 51.7 Å². The van der Waals surface area contributed by atoms with Crippen LogP contribution in [0, 0.1) is 0 Å². The molecule has 4 heterocycles. The van der Waals surface area contributed by atoms with Gasteiger partial charge in [-0.1, -0.05) is 0 Å². The number of carbonyl (C=O) groups excluding carboxylic acids is 1. The molecule has 7 nitrogen and oxygen atoms in total. The zero-order chi connectivity index (χ0) is 17.2. The molecule has 8 heteroatoms. The first-order chi connectivity index (χ1) is 12.2. The first-order valence-electron chi connectivity index (χ1n) is 7.86. The molecule has 1 fully saturated rings. The van der Waals surface area contributed by atoms with Gasteiger partial charge < -0.3 is 14.1 Å². The summed E-state index contributed by atoms with van der Waals surface area (Å²) in [5.74, 6) is 1.08. The Morgan fingerprint density at radius 3 is 3.08 bits per heavy atom. The smallest absolute Gasteiger partial charge is 0.274 e. The molecular weight excluding hydrogens is 388 g/mol. The summed E-state index contributed by atoms with van der Waals surface area (Å²) in [7, 11) is 0. The summed E-state index contributed by atoms with van der Waals surface area (Å²) >= 11 is 3.34. The Morgan fingerprint density at radius 2 is 2.32 bits per heavy atom. The molecule has 0 spiro atoms. The van der Waals surface area contributed by atoms with Crippen molar-refractivity contribution in [2.75, 3.05) is 13.1 Å². The third-order valence-corrected chi connectivity index (χ3v) is 4.47. The lowest BCUT2D eigenvalue weighted by Gasteiger charge is -2.15. The van der Waals surface area contributed by atoms with E-state index in [0.29, 0.717) is 36.1 Å². The molecule has 0 saturated carbocycles. The lowest BCUT2D eigenvalue weighted by Crippen LogP contribution is -2.31. The van der Waals surface area contributed by atoms with E-state index in [0.717, 1.165) is 10.9 Å². The zero-order valence-corrected chi connectivity index (χ0v) is 14.8. The molecule has 1 aliphatic rings. The molecule has 4 rings (SSSR count). The van der Waals surface area contributed by atoms with Crippen molar-refractivity contribution in [2.24, 2.45) is 0 Å². The van der Waals surface area contributed by atoms with E-state index < -0.39 is 0 Å². The molecule has 1 N–H and O–H groups in total. The first kappa shape index (κ1) is 15.9. The molecule has 3 aromatic rings. The van der Waals surface area contributed by atoms with Gasteiger partial charge in [0.1, 0.15) is 11.8 Å². The van der Waals surface area contributed by atoms with Crippen LogP contribution in [-0.4, -0.2) is 45.2 Å². The van der Waals surface area contributed by atoms with Crippen LogP contribution in [0.25, 0.3) is 11.5 Å². The number of nitrogens with one attached hydrogen (secondary N) is 1. The van der Waals surface area contributed by atoms with Crippen LogP contribution in [0.1, 0.15) is 16.9 Å². The van der Waals surface area contributed by atoms with Crippen LogP contribution in [0.4, 0.5) is 0 Å². The Balaban J connectivity index is 1.39. The number of pyridine rings is 1. The van der Waals surface area contributed by atoms with Crippen molar-refractivity contribution >= 4 is 21.8 Å². The quantitative estimate of drug-likeness (QED) is 0.724. The van der Waals surface area contributed by atoms with Crippen LogP contribution in [0.2, 0.25) is 0 Å². The Morgan fingerprint density at radius 1 is 1.40 bits per heavy atom. The number of H-pyrrole nitrogens is 1. The number of likely N-dealkylation sites (tertiary alicyclic amines) is 1. The average molecular weight is 403 g/mol. The molecular formula is C17H15BrN4O3. The number of halogens is 1. The van der Waals surface area contributed by atoms with Crippen molar-refractivity contribution in [3.8, 4) is 17.3 Å². The van der Waals surface area contributed by atoms with Gasteiger partial charge in [-0.15, -0.1) is 0 Å². The van der Waals surface area contributed by atoms with Crippen LogP contribution >= 0.6 is 15.9 Å². The van der Waals surface area contributed by atoms with E-state index in [1.165, 1.54) is 0 Å². The third-order valence-electron chi connectivity index (χ3n) is 4.00. The van der Waals surface area contributed by atoms with Gasteiger partial charge >= 0.3 is 0 Å². The van der Waals surface area contributed by atoms with Crippen molar-refractivity contribution < 1.29 is 13.9 Å². The summed E-state index contributed by atoms with van der Waals surface area (Å²) in [6.45, 7) is 1.14. The van der Waals surface area contributed by atoms with Gasteiger partial charge in [-0.2, -0.15) is 5.10 Å². The predicted molar refractivity (Wildman–Crippen MR) is 93.2 cm³/mol. The van der Waals surface area contributed by atoms with Crippen LogP contribution in [0.5, 0.6) is 5.88 Å². The van der Waals surface area contributed by atoms with E-state index in [-0.39, 0.29) is 12.0 Å². The molecule has 1 amide bonds. The maximum atomic E-state index is 12.6. The van der Waals surface area contributed by atoms with Crippen LogP contribution in [0.3, 0.4) is 0 Å². The third kappa shape index (κ3) is 3.43. The molecule has 1 saturated heterocycles. The summed E-state index contributed by atoms with van der Waals surface area (Å²) in [5.41, 5.74) is 1.05. The second-order valence-corrected chi connectivity index (χ2v) is 6.65. The van der Waals surface area contributed by atoms with E-state index in [9.17, 15) is 4.79 Å². The lowest BCUT2D eigenvalue weighted by molar-refractivity contribution is 0.0765. The van der Waals surface area contributed by atoms with Crippen molar-refractivity contribution in [3.63, 3.8) is 0 Å². The minimum Gasteiger partial charge on any atom is -0.472 e. The molecule has 0 radical (unpaired) electrons. The normalized spacial score (nSPS) is 17.0. The topological polar surface area (TPSA) is 84.2 Å². The molecule has 1 atom stereocenters. The molecule has 1 unspecified atom stereocenters. The Hall–Kier alpha value is -2.61. The number of nitrogens with zero attached hydrogens (tertiary/aromatic N) is 3. The number of aromatic nitrogens is 3. The second kappa shape index (κ2) is 6.72. The summed E-state index contributed by atoms with van der Waals surface area (Å²) in [6.07, 6.45) is 3.96. The van der Waals surface area contributed by atoms with E-state index >= 15 is 0 Å². The maximum Gasteiger partial charge on any atom is 0.274 e. The Kier molecular flexibility index (Phi) is 4.27. The SMILES string of the molecule is O=C(c1cc(-c2ccco2)[nH]n1)N1CCC(Oc2ccc(Br)cn2)C1. The van der Waals surface area contributed by atoms with Crippen LogP contribution in [-0.2, 0) is 0 Å². The minimum absolute atomic E-state index is 0.0684. The number of ether oxygens (including phenoxy) is 1. The molecule has 0 bridgehead atoms. The van der Waals surface area contributed by atoms with Gasteiger partial charge in [0.2, 0.25) is 5.88 Å². The summed E-state index contributed by atoms with van der Waals surface area (Å²) in [5, 5.41) is 6.93. The summed E-state index contributed by atoms with van der Waals surface area (Å²) in [6, 6.07) is 8.98. The number of rotatable bonds is 4. The summed E-state index contributed by atoms with van der Waals surface area (Å²) < 4.78 is 12.0. The van der Waals surface area contributed by atoms with E-state index in [4.69, 9.17) is 9.15 Å². The van der Waals surface area contributed by atoms with Crippen molar-refractivity contribution in [1.29, 1.82) is 0 Å². The van der Waals surface area contributed by atoms with Gasteiger partial charge in [0, 0.05) is 35.8 Å². The fourth-order valence-electron chi connectivity index (χ4n) is 2.76. The van der Waals surface area contributed by atoms with Gasteiger partial charge in [0.25, 0.3) is 5.91 Å². The van der Waals surface area contributed by atoms with E-state index in [1.807, 2.05) is 12.1 Å². The number of furan rings is 1. The Labute approximate surface area is 152 Å². The molecule has 25 heavy (non-hydrogen) atoms. The average Bonchev–Trinajstić information content (AvgIpc) is 3.37. The van der Waals surface area contributed by atoms with Crippen molar-refractivity contribution in [1.82, 2.24) is 20.1 Å². The molecule has 1 aliphatic heterocycles. The van der Waals surface area contributed by atoms with E-state index in [1.54, 1.807) is 35.6 Å². The lowest BCUT2D eigenvalue weighted by atomic mass is 10.3. The van der Waals surface area contributed by atoms with E-state index in [2.05, 4.69) is 31.1 Å². The zero-order valence-electron chi connectivity index (χ0n) is 13.2. The number of carbonyl (C=O) groups is 1.